The Morgan fingerprint density at radius 2 is 2.11 bits per heavy atom. The summed E-state index contributed by atoms with van der Waals surface area (Å²) in [5.41, 5.74) is 5.75. The van der Waals surface area contributed by atoms with Gasteiger partial charge in [0.2, 0.25) is 0 Å². The summed E-state index contributed by atoms with van der Waals surface area (Å²) < 4.78 is 18.0. The topological polar surface area (TPSA) is 55.6 Å². The molecule has 1 aliphatic rings. The Morgan fingerprint density at radius 3 is 2.72 bits per heavy atom. The molecule has 2 rings (SSSR count). The van der Waals surface area contributed by atoms with Crippen molar-refractivity contribution in [3.8, 4) is 0 Å². The molecule has 1 fully saturated rings. The number of hydrogen-bond acceptors (Lipinski definition) is 3. The van der Waals surface area contributed by atoms with Crippen molar-refractivity contribution >= 4 is 11.8 Å². The molecule has 1 heterocycles. The number of cyclic esters (lactones) is 1. The molecule has 0 aliphatic carbocycles. The van der Waals surface area contributed by atoms with Gasteiger partial charge in [0, 0.05) is 5.69 Å². The van der Waals surface area contributed by atoms with Crippen LogP contribution in [0.15, 0.2) is 24.3 Å². The average molecular weight is 252 g/mol. The Bertz CT molecular complexity index is 435. The van der Waals surface area contributed by atoms with Gasteiger partial charge in [-0.05, 0) is 50.6 Å². The van der Waals surface area contributed by atoms with E-state index >= 15 is 0 Å². The van der Waals surface area contributed by atoms with Crippen molar-refractivity contribution in [2.75, 3.05) is 18.1 Å². The highest BCUT2D eigenvalue weighted by Gasteiger charge is 2.44. The number of halogens is 1. The van der Waals surface area contributed by atoms with Gasteiger partial charge >= 0.3 is 6.09 Å². The highest BCUT2D eigenvalue weighted by molar-refractivity contribution is 5.91. The second-order valence-corrected chi connectivity index (χ2v) is 4.76. The number of benzene rings is 1. The lowest BCUT2D eigenvalue weighted by Gasteiger charge is -2.31. The van der Waals surface area contributed by atoms with Gasteiger partial charge in [-0.25, -0.2) is 9.18 Å². The molecule has 0 radical (unpaired) electrons. The Labute approximate surface area is 106 Å². The van der Waals surface area contributed by atoms with Gasteiger partial charge in [-0.15, -0.1) is 0 Å². The number of nitrogens with zero attached hydrogens (tertiary/aromatic N) is 1. The number of carbonyl (C=O) groups is 1. The smallest absolute Gasteiger partial charge is 0.415 e. The highest BCUT2D eigenvalue weighted by Crippen LogP contribution is 2.33. The first-order valence-electron chi connectivity index (χ1n) is 5.99. The van der Waals surface area contributed by atoms with E-state index in [4.69, 9.17) is 10.5 Å². The van der Waals surface area contributed by atoms with Gasteiger partial charge in [-0.2, -0.15) is 0 Å². The van der Waals surface area contributed by atoms with Crippen LogP contribution in [-0.2, 0) is 4.74 Å². The number of carbonyl (C=O) groups excluding carboxylic acids is 1. The molecule has 2 N–H and O–H groups in total. The van der Waals surface area contributed by atoms with E-state index < -0.39 is 5.54 Å². The van der Waals surface area contributed by atoms with Crippen LogP contribution < -0.4 is 10.6 Å². The molecule has 1 saturated heterocycles. The number of rotatable bonds is 4. The summed E-state index contributed by atoms with van der Waals surface area (Å²) in [4.78, 5) is 13.4. The summed E-state index contributed by atoms with van der Waals surface area (Å²) in [6, 6.07) is 5.85. The summed E-state index contributed by atoms with van der Waals surface area (Å²) in [5.74, 6) is -0.324. The molecule has 1 aliphatic heterocycles. The molecule has 1 aromatic carbocycles. The van der Waals surface area contributed by atoms with E-state index in [1.165, 1.54) is 12.1 Å². The highest BCUT2D eigenvalue weighted by atomic mass is 19.1. The van der Waals surface area contributed by atoms with E-state index in [2.05, 4.69) is 0 Å². The molecule has 0 spiro atoms. The van der Waals surface area contributed by atoms with Crippen molar-refractivity contribution in [3.63, 3.8) is 0 Å². The SMILES string of the molecule is CC1(CCCN)COC(=O)N1c1ccc(F)cc1. The second-order valence-electron chi connectivity index (χ2n) is 4.76. The Kier molecular flexibility index (Phi) is 3.52. The molecule has 0 bridgehead atoms. The fourth-order valence-corrected chi connectivity index (χ4v) is 2.24. The second kappa shape index (κ2) is 4.94. The van der Waals surface area contributed by atoms with Gasteiger partial charge in [0.15, 0.2) is 0 Å². The van der Waals surface area contributed by atoms with Crippen LogP contribution in [0, 0.1) is 5.82 Å². The van der Waals surface area contributed by atoms with Crippen molar-refractivity contribution in [1.29, 1.82) is 0 Å². The van der Waals surface area contributed by atoms with E-state index in [0.29, 0.717) is 18.8 Å². The third-order valence-corrected chi connectivity index (χ3v) is 3.23. The Balaban J connectivity index is 2.27. The number of nitrogens with two attached hydrogens (primary N) is 1. The van der Waals surface area contributed by atoms with Crippen LogP contribution in [0.2, 0.25) is 0 Å². The van der Waals surface area contributed by atoms with Crippen LogP contribution >= 0.6 is 0 Å². The van der Waals surface area contributed by atoms with Crippen LogP contribution in [0.25, 0.3) is 0 Å². The molecule has 4 nitrogen and oxygen atoms in total. The van der Waals surface area contributed by atoms with Gasteiger partial charge in [0.1, 0.15) is 12.4 Å². The third-order valence-electron chi connectivity index (χ3n) is 3.23. The van der Waals surface area contributed by atoms with E-state index in [9.17, 15) is 9.18 Å². The predicted molar refractivity (Wildman–Crippen MR) is 66.9 cm³/mol. The Hall–Kier alpha value is -1.62. The van der Waals surface area contributed by atoms with Crippen LogP contribution in [0.3, 0.4) is 0 Å². The quantitative estimate of drug-likeness (QED) is 0.894. The van der Waals surface area contributed by atoms with Crippen molar-refractivity contribution in [3.05, 3.63) is 30.1 Å². The lowest BCUT2D eigenvalue weighted by Crippen LogP contribution is -2.45. The zero-order chi connectivity index (χ0) is 13.2. The summed E-state index contributed by atoms with van der Waals surface area (Å²) in [5, 5.41) is 0. The summed E-state index contributed by atoms with van der Waals surface area (Å²) in [7, 11) is 0. The van der Waals surface area contributed by atoms with Crippen molar-refractivity contribution in [2.24, 2.45) is 5.73 Å². The van der Waals surface area contributed by atoms with Crippen LogP contribution in [0.5, 0.6) is 0 Å². The van der Waals surface area contributed by atoms with Crippen molar-refractivity contribution < 1.29 is 13.9 Å². The maximum atomic E-state index is 12.9. The first-order chi connectivity index (χ1) is 8.57. The maximum absolute atomic E-state index is 12.9. The van der Waals surface area contributed by atoms with Gasteiger partial charge in [0.25, 0.3) is 0 Å². The summed E-state index contributed by atoms with van der Waals surface area (Å²) in [6.07, 6.45) is 1.18. The molecular formula is C13H17FN2O2. The molecule has 1 unspecified atom stereocenters. The first kappa shape index (κ1) is 12.8. The third kappa shape index (κ3) is 2.31. The molecule has 0 aromatic heterocycles. The van der Waals surface area contributed by atoms with Crippen LogP contribution in [0.1, 0.15) is 19.8 Å². The van der Waals surface area contributed by atoms with Crippen LogP contribution in [0.4, 0.5) is 14.9 Å². The summed E-state index contributed by atoms with van der Waals surface area (Å²) in [6.45, 7) is 2.86. The lowest BCUT2D eigenvalue weighted by atomic mass is 9.95. The lowest BCUT2D eigenvalue weighted by molar-refractivity contribution is 0.173. The number of ether oxygens (including phenoxy) is 1. The molecule has 18 heavy (non-hydrogen) atoms. The van der Waals surface area contributed by atoms with Gasteiger partial charge in [0.05, 0.1) is 5.54 Å². The molecule has 1 atom stereocenters. The normalized spacial score (nSPS) is 23.3. The van der Waals surface area contributed by atoms with E-state index in [0.717, 1.165) is 12.8 Å². The molecule has 1 aromatic rings. The molecule has 5 heteroatoms. The van der Waals surface area contributed by atoms with E-state index in [-0.39, 0.29) is 11.9 Å². The van der Waals surface area contributed by atoms with Gasteiger partial charge < -0.3 is 10.5 Å². The zero-order valence-electron chi connectivity index (χ0n) is 10.4. The standard InChI is InChI=1S/C13H17FN2O2/c1-13(7-2-8-15)9-18-12(17)16(13)11-5-3-10(14)4-6-11/h3-6H,2,7-9,15H2,1H3. The molecule has 98 valence electrons. The maximum Gasteiger partial charge on any atom is 0.415 e. The minimum atomic E-state index is -0.408. The minimum Gasteiger partial charge on any atom is -0.447 e. The fourth-order valence-electron chi connectivity index (χ4n) is 2.24. The number of hydrogen-bond donors (Lipinski definition) is 1. The van der Waals surface area contributed by atoms with Crippen molar-refractivity contribution in [1.82, 2.24) is 0 Å². The van der Waals surface area contributed by atoms with Gasteiger partial charge in [-0.3, -0.25) is 4.90 Å². The van der Waals surface area contributed by atoms with E-state index in [1.54, 1.807) is 17.0 Å². The largest absolute Gasteiger partial charge is 0.447 e. The molecule has 0 saturated carbocycles. The minimum absolute atomic E-state index is 0.324. The van der Waals surface area contributed by atoms with Crippen LogP contribution in [-0.4, -0.2) is 24.8 Å². The average Bonchev–Trinajstić information content (AvgIpc) is 2.65. The first-order valence-corrected chi connectivity index (χ1v) is 5.99. The van der Waals surface area contributed by atoms with E-state index in [1.807, 2.05) is 6.92 Å². The predicted octanol–water partition coefficient (Wildman–Crippen LogP) is 2.28. The Morgan fingerprint density at radius 1 is 1.44 bits per heavy atom. The molecular weight excluding hydrogens is 235 g/mol. The fraction of sp³-hybridized carbons (Fsp3) is 0.462. The zero-order valence-corrected chi connectivity index (χ0v) is 10.4. The monoisotopic (exact) mass is 252 g/mol. The van der Waals surface area contributed by atoms with Crippen molar-refractivity contribution in [2.45, 2.75) is 25.3 Å². The molecule has 1 amide bonds. The van der Waals surface area contributed by atoms with Gasteiger partial charge in [-0.1, -0.05) is 0 Å². The number of amides is 1. The summed E-state index contributed by atoms with van der Waals surface area (Å²) >= 11 is 0. The number of anilines is 1.